The minimum absolute atomic E-state index is 0.0174. The van der Waals surface area contributed by atoms with Crippen LogP contribution in [0.1, 0.15) is 19.3 Å². The van der Waals surface area contributed by atoms with Crippen molar-refractivity contribution in [1.29, 1.82) is 0 Å². The van der Waals surface area contributed by atoms with Crippen LogP contribution >= 0.6 is 0 Å². The van der Waals surface area contributed by atoms with Gasteiger partial charge in [0.15, 0.2) is 0 Å². The first-order valence-corrected chi connectivity index (χ1v) is 7.57. The van der Waals surface area contributed by atoms with Gasteiger partial charge in [-0.05, 0) is 25.0 Å². The molecule has 23 heavy (non-hydrogen) atoms. The molecule has 0 bridgehead atoms. The van der Waals surface area contributed by atoms with Crippen molar-refractivity contribution in [3.63, 3.8) is 0 Å². The van der Waals surface area contributed by atoms with Crippen molar-refractivity contribution < 1.29 is 19.0 Å². The number of terminal acetylenes is 1. The number of carbonyl (C=O) groups excluding carboxylic acids is 1. The highest BCUT2D eigenvalue weighted by molar-refractivity contribution is 5.90. The summed E-state index contributed by atoms with van der Waals surface area (Å²) in [6.45, 7) is 0.450. The van der Waals surface area contributed by atoms with Gasteiger partial charge in [0.1, 0.15) is 18.2 Å². The lowest BCUT2D eigenvalue weighted by atomic mass is 10.1. The van der Waals surface area contributed by atoms with Crippen LogP contribution in [0.3, 0.4) is 0 Å². The first kappa shape index (κ1) is 17.1. The number of anilines is 1. The monoisotopic (exact) mass is 320 g/mol. The van der Waals surface area contributed by atoms with Crippen LogP contribution in [0.5, 0.6) is 5.75 Å². The summed E-state index contributed by atoms with van der Waals surface area (Å²) >= 11 is 0. The summed E-state index contributed by atoms with van der Waals surface area (Å²) in [5.41, 5.74) is 0.352. The van der Waals surface area contributed by atoms with Gasteiger partial charge >= 0.3 is 6.03 Å². The molecular weight excluding hydrogens is 299 g/mol. The van der Waals surface area contributed by atoms with Crippen molar-refractivity contribution >= 4 is 11.7 Å². The average molecular weight is 320 g/mol. The molecule has 0 spiro atoms. The van der Waals surface area contributed by atoms with E-state index in [1.165, 1.54) is 23.1 Å². The summed E-state index contributed by atoms with van der Waals surface area (Å²) in [6.07, 6.45) is 7.44. The van der Waals surface area contributed by atoms with Crippen molar-refractivity contribution in [3.8, 4) is 18.1 Å². The second-order valence-corrected chi connectivity index (χ2v) is 5.70. The van der Waals surface area contributed by atoms with E-state index < -0.39 is 5.82 Å². The van der Waals surface area contributed by atoms with E-state index in [9.17, 15) is 14.3 Å². The van der Waals surface area contributed by atoms with Crippen LogP contribution in [0.2, 0.25) is 0 Å². The minimum atomic E-state index is -0.475. The fraction of sp³-hybridized carbons (Fsp3) is 0.471. The SMILES string of the molecule is C#CCOc1cc(F)ccc1NC(=O)N(C)CC1CCCC1O. The maximum Gasteiger partial charge on any atom is 0.321 e. The van der Waals surface area contributed by atoms with E-state index >= 15 is 0 Å². The normalized spacial score (nSPS) is 19.9. The lowest BCUT2D eigenvalue weighted by Gasteiger charge is -2.24. The third kappa shape index (κ3) is 4.60. The maximum atomic E-state index is 13.3. The number of ether oxygens (including phenoxy) is 1. The molecule has 1 aromatic rings. The van der Waals surface area contributed by atoms with Crippen LogP contribution in [-0.4, -0.2) is 42.3 Å². The average Bonchev–Trinajstić information content (AvgIpc) is 2.92. The van der Waals surface area contributed by atoms with Gasteiger partial charge < -0.3 is 20.1 Å². The number of carbonyl (C=O) groups is 1. The van der Waals surface area contributed by atoms with Gasteiger partial charge in [-0.3, -0.25) is 0 Å². The molecule has 0 saturated heterocycles. The molecule has 0 aromatic heterocycles. The lowest BCUT2D eigenvalue weighted by molar-refractivity contribution is 0.116. The molecule has 0 radical (unpaired) electrons. The number of benzene rings is 1. The van der Waals surface area contributed by atoms with E-state index in [0.717, 1.165) is 19.3 Å². The molecule has 0 aliphatic heterocycles. The van der Waals surface area contributed by atoms with Gasteiger partial charge in [-0.2, -0.15) is 0 Å². The Morgan fingerprint density at radius 3 is 3.00 bits per heavy atom. The highest BCUT2D eigenvalue weighted by Crippen LogP contribution is 2.28. The van der Waals surface area contributed by atoms with E-state index in [0.29, 0.717) is 12.2 Å². The standard InChI is InChI=1S/C17H21FN2O3/c1-3-9-23-16-10-13(18)7-8-14(16)19-17(22)20(2)11-12-5-4-6-15(12)21/h1,7-8,10,12,15,21H,4-6,9,11H2,2H3,(H,19,22). The zero-order chi connectivity index (χ0) is 16.8. The van der Waals surface area contributed by atoms with Crippen LogP contribution in [0.25, 0.3) is 0 Å². The second kappa shape index (κ2) is 7.84. The topological polar surface area (TPSA) is 61.8 Å². The molecule has 1 fully saturated rings. The molecule has 1 aliphatic rings. The largest absolute Gasteiger partial charge is 0.479 e. The van der Waals surface area contributed by atoms with Crippen molar-refractivity contribution in [2.45, 2.75) is 25.4 Å². The third-order valence-electron chi connectivity index (χ3n) is 3.97. The molecule has 1 saturated carbocycles. The van der Waals surface area contributed by atoms with Crippen LogP contribution in [0, 0.1) is 24.1 Å². The molecule has 2 atom stereocenters. The summed E-state index contributed by atoms with van der Waals surface area (Å²) in [6, 6.07) is 3.49. The Labute approximate surface area is 135 Å². The number of rotatable bonds is 5. The summed E-state index contributed by atoms with van der Waals surface area (Å²) < 4.78 is 18.6. The Bertz CT molecular complexity index is 600. The molecule has 5 nitrogen and oxygen atoms in total. The number of aliphatic hydroxyl groups excluding tert-OH is 1. The number of hydrogen-bond donors (Lipinski definition) is 2. The van der Waals surface area contributed by atoms with Gasteiger partial charge in [-0.25, -0.2) is 9.18 Å². The van der Waals surface area contributed by atoms with Gasteiger partial charge in [0, 0.05) is 25.6 Å². The van der Waals surface area contributed by atoms with Crippen LogP contribution in [0.15, 0.2) is 18.2 Å². The highest BCUT2D eigenvalue weighted by atomic mass is 19.1. The molecule has 124 valence electrons. The molecule has 2 unspecified atom stereocenters. The summed E-state index contributed by atoms with van der Waals surface area (Å²) in [4.78, 5) is 13.8. The molecule has 6 heteroatoms. The molecule has 1 aromatic carbocycles. The number of aliphatic hydroxyl groups is 1. The maximum absolute atomic E-state index is 13.3. The minimum Gasteiger partial charge on any atom is -0.479 e. The smallest absolute Gasteiger partial charge is 0.321 e. The number of nitrogens with one attached hydrogen (secondary N) is 1. The van der Waals surface area contributed by atoms with Crippen molar-refractivity contribution in [3.05, 3.63) is 24.0 Å². The molecule has 2 N–H and O–H groups in total. The fourth-order valence-electron chi connectivity index (χ4n) is 2.71. The Morgan fingerprint density at radius 2 is 2.35 bits per heavy atom. The number of hydrogen-bond acceptors (Lipinski definition) is 3. The highest BCUT2D eigenvalue weighted by Gasteiger charge is 2.27. The van der Waals surface area contributed by atoms with Gasteiger partial charge in [0.2, 0.25) is 0 Å². The van der Waals surface area contributed by atoms with Gasteiger partial charge in [0.05, 0.1) is 11.8 Å². The van der Waals surface area contributed by atoms with Crippen LogP contribution in [-0.2, 0) is 0 Å². The number of amides is 2. The molecule has 2 amide bonds. The van der Waals surface area contributed by atoms with Crippen molar-refractivity contribution in [2.75, 3.05) is 25.5 Å². The fourth-order valence-corrected chi connectivity index (χ4v) is 2.71. The Morgan fingerprint density at radius 1 is 1.57 bits per heavy atom. The van der Waals surface area contributed by atoms with Gasteiger partial charge in [0.25, 0.3) is 0 Å². The zero-order valence-electron chi connectivity index (χ0n) is 13.1. The summed E-state index contributed by atoms with van der Waals surface area (Å²) in [5, 5.41) is 12.5. The quantitative estimate of drug-likeness (QED) is 0.819. The molecule has 0 heterocycles. The van der Waals surface area contributed by atoms with Gasteiger partial charge in [-0.15, -0.1) is 6.42 Å². The Balaban J connectivity index is 2.00. The Kier molecular flexibility index (Phi) is 5.83. The van der Waals surface area contributed by atoms with E-state index in [1.807, 2.05) is 0 Å². The molecular formula is C17H21FN2O3. The summed E-state index contributed by atoms with van der Waals surface area (Å²) in [5.74, 6) is 2.10. The first-order chi connectivity index (χ1) is 11.0. The molecule has 2 rings (SSSR count). The predicted molar refractivity (Wildman–Crippen MR) is 85.7 cm³/mol. The zero-order valence-corrected chi connectivity index (χ0v) is 13.1. The first-order valence-electron chi connectivity index (χ1n) is 7.57. The third-order valence-corrected chi connectivity index (χ3v) is 3.97. The summed E-state index contributed by atoms with van der Waals surface area (Å²) in [7, 11) is 1.66. The second-order valence-electron chi connectivity index (χ2n) is 5.70. The van der Waals surface area contributed by atoms with Gasteiger partial charge in [-0.1, -0.05) is 12.3 Å². The lowest BCUT2D eigenvalue weighted by Crippen LogP contribution is -2.37. The van der Waals surface area contributed by atoms with E-state index in [4.69, 9.17) is 11.2 Å². The van der Waals surface area contributed by atoms with E-state index in [-0.39, 0.29) is 30.4 Å². The number of nitrogens with zero attached hydrogens (tertiary/aromatic N) is 1. The van der Waals surface area contributed by atoms with E-state index in [1.54, 1.807) is 7.05 Å². The number of urea groups is 1. The number of halogens is 1. The predicted octanol–water partition coefficient (Wildman–Crippen LogP) is 2.46. The van der Waals surface area contributed by atoms with Crippen molar-refractivity contribution in [1.82, 2.24) is 4.90 Å². The van der Waals surface area contributed by atoms with Crippen molar-refractivity contribution in [2.24, 2.45) is 5.92 Å². The van der Waals surface area contributed by atoms with E-state index in [2.05, 4.69) is 11.2 Å². The Hall–Kier alpha value is -2.26. The van der Waals surface area contributed by atoms with Crippen LogP contribution in [0.4, 0.5) is 14.9 Å². The van der Waals surface area contributed by atoms with Crippen LogP contribution < -0.4 is 10.1 Å². The molecule has 1 aliphatic carbocycles.